The van der Waals surface area contributed by atoms with E-state index in [1.54, 1.807) is 0 Å². The SMILES string of the molecule is c1ccc(C2CCCN(Cc3nc(C4CC4)no3)CC2)cc1. The third-order valence-corrected chi connectivity index (χ3v) is 4.88. The summed E-state index contributed by atoms with van der Waals surface area (Å²) in [5, 5.41) is 4.12. The first kappa shape index (κ1) is 13.9. The van der Waals surface area contributed by atoms with Crippen molar-refractivity contribution in [1.29, 1.82) is 0 Å². The Morgan fingerprint density at radius 2 is 1.86 bits per heavy atom. The number of aromatic nitrogens is 2. The molecule has 1 aromatic carbocycles. The fraction of sp³-hybridized carbons (Fsp3) is 0.556. The van der Waals surface area contributed by atoms with Crippen molar-refractivity contribution in [3.63, 3.8) is 0 Å². The van der Waals surface area contributed by atoms with Gasteiger partial charge in [-0.1, -0.05) is 35.5 Å². The van der Waals surface area contributed by atoms with Gasteiger partial charge in [0.1, 0.15) is 0 Å². The highest BCUT2D eigenvalue weighted by atomic mass is 16.5. The molecule has 0 N–H and O–H groups in total. The Morgan fingerprint density at radius 3 is 2.68 bits per heavy atom. The van der Waals surface area contributed by atoms with Crippen molar-refractivity contribution in [1.82, 2.24) is 15.0 Å². The minimum atomic E-state index is 0.573. The van der Waals surface area contributed by atoms with Crippen LogP contribution in [0.1, 0.15) is 61.2 Å². The zero-order valence-electron chi connectivity index (χ0n) is 12.9. The lowest BCUT2D eigenvalue weighted by Crippen LogP contribution is -2.24. The maximum atomic E-state index is 5.42. The normalized spacial score (nSPS) is 23.4. The molecule has 0 amide bonds. The second-order valence-electron chi connectivity index (χ2n) is 6.64. The van der Waals surface area contributed by atoms with E-state index in [1.807, 2.05) is 0 Å². The summed E-state index contributed by atoms with van der Waals surface area (Å²) >= 11 is 0. The first-order valence-electron chi connectivity index (χ1n) is 8.48. The van der Waals surface area contributed by atoms with Crippen LogP contribution in [0.3, 0.4) is 0 Å². The van der Waals surface area contributed by atoms with E-state index in [2.05, 4.69) is 45.4 Å². The van der Waals surface area contributed by atoms with Crippen LogP contribution in [0.15, 0.2) is 34.9 Å². The number of hydrogen-bond acceptors (Lipinski definition) is 4. The molecule has 1 saturated carbocycles. The second kappa shape index (κ2) is 6.21. The van der Waals surface area contributed by atoms with Crippen LogP contribution in [0.4, 0.5) is 0 Å². The molecular formula is C18H23N3O. The van der Waals surface area contributed by atoms with E-state index in [0.717, 1.165) is 31.3 Å². The minimum Gasteiger partial charge on any atom is -0.338 e. The maximum absolute atomic E-state index is 5.42. The quantitative estimate of drug-likeness (QED) is 0.862. The number of rotatable bonds is 4. The van der Waals surface area contributed by atoms with Gasteiger partial charge < -0.3 is 4.52 Å². The van der Waals surface area contributed by atoms with Gasteiger partial charge in [-0.25, -0.2) is 0 Å². The highest BCUT2D eigenvalue weighted by Crippen LogP contribution is 2.38. The van der Waals surface area contributed by atoms with E-state index in [9.17, 15) is 0 Å². The smallest absolute Gasteiger partial charge is 0.240 e. The number of likely N-dealkylation sites (tertiary alicyclic amines) is 1. The van der Waals surface area contributed by atoms with Gasteiger partial charge in [0.15, 0.2) is 5.82 Å². The van der Waals surface area contributed by atoms with E-state index in [0.29, 0.717) is 11.8 Å². The third-order valence-electron chi connectivity index (χ3n) is 4.88. The lowest BCUT2D eigenvalue weighted by atomic mass is 9.92. The van der Waals surface area contributed by atoms with Crippen molar-refractivity contribution in [3.05, 3.63) is 47.6 Å². The maximum Gasteiger partial charge on any atom is 0.240 e. The molecule has 1 atom stereocenters. The summed E-state index contributed by atoms with van der Waals surface area (Å²) in [4.78, 5) is 7.02. The molecule has 2 aromatic rings. The Balaban J connectivity index is 1.35. The van der Waals surface area contributed by atoms with Crippen LogP contribution < -0.4 is 0 Å². The monoisotopic (exact) mass is 297 g/mol. The van der Waals surface area contributed by atoms with Gasteiger partial charge in [-0.2, -0.15) is 4.98 Å². The molecular weight excluding hydrogens is 274 g/mol. The molecule has 1 saturated heterocycles. The van der Waals surface area contributed by atoms with Crippen LogP contribution in [0.2, 0.25) is 0 Å². The van der Waals surface area contributed by atoms with Crippen molar-refractivity contribution in [3.8, 4) is 0 Å². The van der Waals surface area contributed by atoms with Crippen LogP contribution in [-0.4, -0.2) is 28.1 Å². The van der Waals surface area contributed by atoms with Crippen molar-refractivity contribution in [2.75, 3.05) is 13.1 Å². The van der Waals surface area contributed by atoms with Crippen LogP contribution in [0.25, 0.3) is 0 Å². The summed E-state index contributed by atoms with van der Waals surface area (Å²) in [5.41, 5.74) is 1.48. The van der Waals surface area contributed by atoms with Crippen molar-refractivity contribution < 1.29 is 4.52 Å². The molecule has 1 aliphatic heterocycles. The molecule has 4 nitrogen and oxygen atoms in total. The molecule has 4 rings (SSSR count). The summed E-state index contributed by atoms with van der Waals surface area (Å²) in [6, 6.07) is 10.9. The van der Waals surface area contributed by atoms with E-state index < -0.39 is 0 Å². The Hall–Kier alpha value is -1.68. The Labute approximate surface area is 131 Å². The standard InChI is InChI=1S/C18H23N3O/c1-2-5-14(6-3-1)15-7-4-11-21(12-10-15)13-17-19-18(20-22-17)16-8-9-16/h1-3,5-6,15-16H,4,7-13H2. The van der Waals surface area contributed by atoms with Crippen LogP contribution in [-0.2, 0) is 6.54 Å². The molecule has 2 aliphatic rings. The van der Waals surface area contributed by atoms with E-state index in [-0.39, 0.29) is 0 Å². The first-order chi connectivity index (χ1) is 10.9. The molecule has 0 radical (unpaired) electrons. The van der Waals surface area contributed by atoms with E-state index >= 15 is 0 Å². The lowest BCUT2D eigenvalue weighted by Gasteiger charge is -2.18. The molecule has 1 aliphatic carbocycles. The zero-order chi connectivity index (χ0) is 14.8. The highest BCUT2D eigenvalue weighted by Gasteiger charge is 2.29. The largest absolute Gasteiger partial charge is 0.338 e. The van der Waals surface area contributed by atoms with Crippen LogP contribution >= 0.6 is 0 Å². The molecule has 116 valence electrons. The van der Waals surface area contributed by atoms with Crippen LogP contribution in [0.5, 0.6) is 0 Å². The lowest BCUT2D eigenvalue weighted by molar-refractivity contribution is 0.233. The van der Waals surface area contributed by atoms with Gasteiger partial charge in [-0.15, -0.1) is 0 Å². The number of hydrogen-bond donors (Lipinski definition) is 0. The Morgan fingerprint density at radius 1 is 1.00 bits per heavy atom. The highest BCUT2D eigenvalue weighted by molar-refractivity contribution is 5.19. The van der Waals surface area contributed by atoms with E-state index in [1.165, 1.54) is 37.7 Å². The fourth-order valence-corrected chi connectivity index (χ4v) is 3.40. The Bertz CT molecular complexity index is 606. The molecule has 0 bridgehead atoms. The van der Waals surface area contributed by atoms with Crippen molar-refractivity contribution in [2.24, 2.45) is 0 Å². The van der Waals surface area contributed by atoms with Crippen molar-refractivity contribution in [2.45, 2.75) is 50.5 Å². The van der Waals surface area contributed by atoms with Gasteiger partial charge in [-0.05, 0) is 56.7 Å². The Kier molecular flexibility index (Phi) is 3.94. The van der Waals surface area contributed by atoms with Gasteiger partial charge >= 0.3 is 0 Å². The molecule has 1 unspecified atom stereocenters. The van der Waals surface area contributed by atoms with Gasteiger partial charge in [0, 0.05) is 5.92 Å². The van der Waals surface area contributed by atoms with E-state index in [4.69, 9.17) is 4.52 Å². The zero-order valence-corrected chi connectivity index (χ0v) is 12.9. The first-order valence-corrected chi connectivity index (χ1v) is 8.48. The molecule has 0 spiro atoms. The summed E-state index contributed by atoms with van der Waals surface area (Å²) in [6.45, 7) is 3.05. The molecule has 2 heterocycles. The van der Waals surface area contributed by atoms with Gasteiger partial charge in [0.05, 0.1) is 6.54 Å². The summed E-state index contributed by atoms with van der Waals surface area (Å²) < 4.78 is 5.42. The average Bonchev–Trinajstić information content (AvgIpc) is 3.34. The molecule has 4 heteroatoms. The van der Waals surface area contributed by atoms with Crippen molar-refractivity contribution >= 4 is 0 Å². The van der Waals surface area contributed by atoms with Crippen LogP contribution in [0, 0.1) is 0 Å². The predicted molar refractivity (Wildman–Crippen MR) is 84.6 cm³/mol. The summed E-state index contributed by atoms with van der Waals surface area (Å²) in [6.07, 6.45) is 6.18. The molecule has 1 aromatic heterocycles. The molecule has 22 heavy (non-hydrogen) atoms. The number of benzene rings is 1. The third kappa shape index (κ3) is 3.22. The average molecular weight is 297 g/mol. The summed E-state index contributed by atoms with van der Waals surface area (Å²) in [5.74, 6) is 2.98. The predicted octanol–water partition coefficient (Wildman–Crippen LogP) is 3.72. The van der Waals surface area contributed by atoms with Gasteiger partial charge in [0.2, 0.25) is 5.89 Å². The molecule has 2 fully saturated rings. The van der Waals surface area contributed by atoms with Gasteiger partial charge in [-0.3, -0.25) is 4.90 Å². The summed E-state index contributed by atoms with van der Waals surface area (Å²) in [7, 11) is 0. The topological polar surface area (TPSA) is 42.2 Å². The number of nitrogens with zero attached hydrogens (tertiary/aromatic N) is 3. The minimum absolute atomic E-state index is 0.573. The van der Waals surface area contributed by atoms with Gasteiger partial charge in [0.25, 0.3) is 0 Å². The second-order valence-corrected chi connectivity index (χ2v) is 6.64. The fourth-order valence-electron chi connectivity index (χ4n) is 3.40.